The summed E-state index contributed by atoms with van der Waals surface area (Å²) in [6.45, 7) is 4.52. The Labute approximate surface area is 143 Å². The summed E-state index contributed by atoms with van der Waals surface area (Å²) in [4.78, 5) is 11.8. The lowest BCUT2D eigenvalue weighted by Crippen LogP contribution is -2.54. The summed E-state index contributed by atoms with van der Waals surface area (Å²) in [5, 5.41) is 19.9. The van der Waals surface area contributed by atoms with Gasteiger partial charge < -0.3 is 14.6 Å². The molecule has 1 fully saturated rings. The number of furan rings is 1. The van der Waals surface area contributed by atoms with Crippen LogP contribution >= 0.6 is 0 Å². The predicted molar refractivity (Wildman–Crippen MR) is 91.5 cm³/mol. The monoisotopic (exact) mass is 332 g/mol. The molecular formula is C20H28O4. The fourth-order valence-electron chi connectivity index (χ4n) is 5.32. The molecule has 0 radical (unpaired) electrons. The maximum atomic E-state index is 11.8. The molecule has 4 heteroatoms. The third-order valence-electron chi connectivity index (χ3n) is 7.00. The van der Waals surface area contributed by atoms with Gasteiger partial charge in [0.15, 0.2) is 0 Å². The quantitative estimate of drug-likeness (QED) is 0.853. The van der Waals surface area contributed by atoms with Gasteiger partial charge >= 0.3 is 5.97 Å². The van der Waals surface area contributed by atoms with Gasteiger partial charge in [0.1, 0.15) is 0 Å². The van der Waals surface area contributed by atoms with Crippen LogP contribution in [0.5, 0.6) is 0 Å². The standard InChI is InChI=1S/C20H28O4/c1-14-6-10-20(13-21)16(18(22)23)4-3-5-17(20)19(14,2)9-7-15-8-11-24-12-15/h4,8,11-12,14,17,21H,3,5-7,9-10,13H2,1-2H3,(H,22,23)/t14-,17+,19+,20+/m1/s1. The number of carbonyl (C=O) groups is 1. The molecule has 0 spiro atoms. The molecule has 0 bridgehead atoms. The first-order valence-electron chi connectivity index (χ1n) is 9.00. The summed E-state index contributed by atoms with van der Waals surface area (Å²) in [5.74, 6) is -0.135. The van der Waals surface area contributed by atoms with Crippen LogP contribution in [-0.2, 0) is 11.2 Å². The van der Waals surface area contributed by atoms with Gasteiger partial charge in [-0.3, -0.25) is 0 Å². The Morgan fingerprint density at radius 1 is 1.42 bits per heavy atom. The third-order valence-corrected chi connectivity index (χ3v) is 7.00. The molecule has 2 aliphatic rings. The Morgan fingerprint density at radius 3 is 2.83 bits per heavy atom. The summed E-state index contributed by atoms with van der Waals surface area (Å²) in [6, 6.07) is 2.00. The average Bonchev–Trinajstić information content (AvgIpc) is 3.09. The van der Waals surface area contributed by atoms with Crippen LogP contribution in [0.15, 0.2) is 34.7 Å². The van der Waals surface area contributed by atoms with Gasteiger partial charge in [-0.25, -0.2) is 4.79 Å². The van der Waals surface area contributed by atoms with E-state index in [1.807, 2.05) is 12.1 Å². The van der Waals surface area contributed by atoms with Gasteiger partial charge in [0.2, 0.25) is 0 Å². The normalized spacial score (nSPS) is 36.0. The Kier molecular flexibility index (Phi) is 4.60. The fourth-order valence-corrected chi connectivity index (χ4v) is 5.32. The lowest BCUT2D eigenvalue weighted by atomic mass is 9.46. The number of hydrogen-bond donors (Lipinski definition) is 2. The van der Waals surface area contributed by atoms with Gasteiger partial charge in [0, 0.05) is 11.0 Å². The van der Waals surface area contributed by atoms with E-state index in [9.17, 15) is 15.0 Å². The van der Waals surface area contributed by atoms with E-state index in [0.29, 0.717) is 11.5 Å². The van der Waals surface area contributed by atoms with E-state index in [2.05, 4.69) is 13.8 Å². The van der Waals surface area contributed by atoms with E-state index in [4.69, 9.17) is 4.42 Å². The molecule has 2 N–H and O–H groups in total. The van der Waals surface area contributed by atoms with Crippen molar-refractivity contribution >= 4 is 5.97 Å². The van der Waals surface area contributed by atoms with E-state index in [-0.39, 0.29) is 17.9 Å². The maximum Gasteiger partial charge on any atom is 0.331 e. The minimum absolute atomic E-state index is 0.0210. The number of allylic oxidation sites excluding steroid dienone is 1. The predicted octanol–water partition coefficient (Wildman–Crippen LogP) is 4.05. The minimum Gasteiger partial charge on any atom is -0.478 e. The summed E-state index contributed by atoms with van der Waals surface area (Å²) in [5.41, 5.74) is 1.07. The molecule has 3 rings (SSSR count). The Balaban J connectivity index is 1.93. The van der Waals surface area contributed by atoms with Crippen LogP contribution < -0.4 is 0 Å². The molecule has 1 heterocycles. The van der Waals surface area contributed by atoms with Crippen molar-refractivity contribution in [2.45, 2.75) is 52.4 Å². The van der Waals surface area contributed by atoms with Gasteiger partial charge in [0.25, 0.3) is 0 Å². The number of carboxylic acid groups (broad SMARTS) is 1. The van der Waals surface area contributed by atoms with Crippen LogP contribution in [0.3, 0.4) is 0 Å². The first-order valence-corrected chi connectivity index (χ1v) is 9.00. The van der Waals surface area contributed by atoms with E-state index in [1.54, 1.807) is 12.5 Å². The van der Waals surface area contributed by atoms with Crippen LogP contribution in [0.25, 0.3) is 0 Å². The smallest absolute Gasteiger partial charge is 0.331 e. The SMILES string of the molecule is C[C@@H]1CC[C@]2(CO)C(C(=O)O)=CCC[C@H]2[C@@]1(C)CCc1ccoc1. The Morgan fingerprint density at radius 2 is 2.21 bits per heavy atom. The molecule has 0 saturated heterocycles. The van der Waals surface area contributed by atoms with Crippen molar-refractivity contribution in [3.05, 3.63) is 35.8 Å². The second-order valence-corrected chi connectivity index (χ2v) is 7.94. The molecular weight excluding hydrogens is 304 g/mol. The topological polar surface area (TPSA) is 70.7 Å². The highest BCUT2D eigenvalue weighted by Crippen LogP contribution is 2.61. The number of rotatable bonds is 5. The number of carboxylic acids is 1. The van der Waals surface area contributed by atoms with Crippen molar-refractivity contribution in [2.24, 2.45) is 22.7 Å². The van der Waals surface area contributed by atoms with Gasteiger partial charge in [-0.2, -0.15) is 0 Å². The van der Waals surface area contributed by atoms with Crippen LogP contribution in [0.2, 0.25) is 0 Å². The molecule has 4 atom stereocenters. The molecule has 2 aliphatic carbocycles. The zero-order valence-electron chi connectivity index (χ0n) is 14.6. The first-order chi connectivity index (χ1) is 11.4. The van der Waals surface area contributed by atoms with Crippen molar-refractivity contribution < 1.29 is 19.4 Å². The molecule has 132 valence electrons. The Bertz CT molecular complexity index is 618. The number of aliphatic carboxylic acids is 1. The number of aliphatic hydroxyl groups is 1. The van der Waals surface area contributed by atoms with Crippen molar-refractivity contribution in [3.8, 4) is 0 Å². The second-order valence-electron chi connectivity index (χ2n) is 7.94. The highest BCUT2D eigenvalue weighted by Gasteiger charge is 2.57. The van der Waals surface area contributed by atoms with Crippen molar-refractivity contribution in [1.29, 1.82) is 0 Å². The van der Waals surface area contributed by atoms with Crippen LogP contribution in [0, 0.1) is 22.7 Å². The maximum absolute atomic E-state index is 11.8. The molecule has 0 amide bonds. The zero-order chi connectivity index (χ0) is 17.4. The van der Waals surface area contributed by atoms with Gasteiger partial charge in [-0.05, 0) is 67.4 Å². The third kappa shape index (κ3) is 2.61. The highest BCUT2D eigenvalue weighted by molar-refractivity contribution is 5.88. The van der Waals surface area contributed by atoms with Gasteiger partial charge in [-0.15, -0.1) is 0 Å². The summed E-state index contributed by atoms with van der Waals surface area (Å²) < 4.78 is 5.18. The molecule has 24 heavy (non-hydrogen) atoms. The molecule has 1 aromatic rings. The second kappa shape index (κ2) is 6.40. The minimum atomic E-state index is -0.861. The molecule has 1 aromatic heterocycles. The molecule has 0 aromatic carbocycles. The van der Waals surface area contributed by atoms with E-state index >= 15 is 0 Å². The van der Waals surface area contributed by atoms with E-state index in [1.165, 1.54) is 5.56 Å². The molecule has 0 unspecified atom stereocenters. The number of aliphatic hydroxyl groups excluding tert-OH is 1. The van der Waals surface area contributed by atoms with Crippen LogP contribution in [0.1, 0.15) is 51.5 Å². The first kappa shape index (κ1) is 17.3. The zero-order valence-corrected chi connectivity index (χ0v) is 14.6. The number of fused-ring (bicyclic) bond motifs is 1. The largest absolute Gasteiger partial charge is 0.478 e. The highest BCUT2D eigenvalue weighted by atomic mass is 16.4. The molecule has 0 aliphatic heterocycles. The van der Waals surface area contributed by atoms with E-state index < -0.39 is 11.4 Å². The number of aryl methyl sites for hydroxylation is 1. The molecule has 4 nitrogen and oxygen atoms in total. The molecule has 1 saturated carbocycles. The van der Waals surface area contributed by atoms with Crippen molar-refractivity contribution in [1.82, 2.24) is 0 Å². The summed E-state index contributed by atoms with van der Waals surface area (Å²) >= 11 is 0. The van der Waals surface area contributed by atoms with Gasteiger partial charge in [-0.1, -0.05) is 19.9 Å². The van der Waals surface area contributed by atoms with Crippen LogP contribution in [-0.4, -0.2) is 22.8 Å². The van der Waals surface area contributed by atoms with Crippen molar-refractivity contribution in [2.75, 3.05) is 6.61 Å². The van der Waals surface area contributed by atoms with Crippen LogP contribution in [0.4, 0.5) is 0 Å². The van der Waals surface area contributed by atoms with Crippen molar-refractivity contribution in [3.63, 3.8) is 0 Å². The lowest BCUT2D eigenvalue weighted by molar-refractivity contribution is -0.139. The summed E-state index contributed by atoms with van der Waals surface area (Å²) in [6.07, 6.45) is 10.8. The lowest BCUT2D eigenvalue weighted by Gasteiger charge is -2.58. The average molecular weight is 332 g/mol. The fraction of sp³-hybridized carbons (Fsp3) is 0.650. The Hall–Kier alpha value is -1.55. The van der Waals surface area contributed by atoms with Gasteiger partial charge in [0.05, 0.1) is 19.1 Å². The van der Waals surface area contributed by atoms with E-state index in [0.717, 1.165) is 38.5 Å². The summed E-state index contributed by atoms with van der Waals surface area (Å²) in [7, 11) is 0. The number of hydrogen-bond acceptors (Lipinski definition) is 3.